The first-order valence-corrected chi connectivity index (χ1v) is 6.18. The molecule has 0 aliphatic carbocycles. The summed E-state index contributed by atoms with van der Waals surface area (Å²) in [5.41, 5.74) is 1.04. The third-order valence-electron chi connectivity index (χ3n) is 2.61. The molecule has 1 aromatic rings. The minimum Gasteiger partial charge on any atom is -0.480 e. The second kappa shape index (κ2) is 7.76. The van der Waals surface area contributed by atoms with Gasteiger partial charge < -0.3 is 15.2 Å². The molecule has 0 aromatic heterocycles. The fourth-order valence-electron chi connectivity index (χ4n) is 1.54. The second-order valence-electron chi connectivity index (χ2n) is 4.00. The Morgan fingerprint density at radius 1 is 1.37 bits per heavy atom. The normalized spacial score (nSPS) is 11.9. The fourth-order valence-corrected chi connectivity index (χ4v) is 1.66. The van der Waals surface area contributed by atoms with Crippen molar-refractivity contribution in [2.75, 3.05) is 13.7 Å². The van der Waals surface area contributed by atoms with Crippen molar-refractivity contribution in [2.45, 2.75) is 18.9 Å². The van der Waals surface area contributed by atoms with E-state index in [1.54, 1.807) is 12.1 Å². The highest BCUT2D eigenvalue weighted by molar-refractivity contribution is 6.30. The number of carbonyl (C=O) groups excluding carboxylic acids is 1. The van der Waals surface area contributed by atoms with Gasteiger partial charge in [0.05, 0.1) is 13.5 Å². The summed E-state index contributed by atoms with van der Waals surface area (Å²) in [4.78, 5) is 22.0. The van der Waals surface area contributed by atoms with Crippen molar-refractivity contribution in [1.29, 1.82) is 0 Å². The van der Waals surface area contributed by atoms with Crippen LogP contribution in [0.25, 0.3) is 0 Å². The highest BCUT2D eigenvalue weighted by Crippen LogP contribution is 2.09. The summed E-state index contributed by atoms with van der Waals surface area (Å²) in [5, 5.41) is 12.4. The summed E-state index contributed by atoms with van der Waals surface area (Å²) < 4.78 is 4.45. The standard InChI is InChI=1S/C13H16ClNO4/c1-19-12(16)8-11(13(17)18)15-7-6-9-2-4-10(14)5-3-9/h2-5,11,15H,6-8H2,1H3,(H,17,18)/t11-/m0/s1. The van der Waals surface area contributed by atoms with Gasteiger partial charge in [-0.25, -0.2) is 0 Å². The molecule has 0 amide bonds. The lowest BCUT2D eigenvalue weighted by molar-refractivity contribution is -0.147. The van der Waals surface area contributed by atoms with E-state index in [1.165, 1.54) is 7.11 Å². The number of esters is 1. The highest BCUT2D eigenvalue weighted by Gasteiger charge is 2.20. The third kappa shape index (κ3) is 5.72. The van der Waals surface area contributed by atoms with Gasteiger partial charge in [0.15, 0.2) is 0 Å². The summed E-state index contributed by atoms with van der Waals surface area (Å²) in [6.07, 6.45) is 0.467. The molecule has 104 valence electrons. The molecule has 0 heterocycles. The number of benzene rings is 1. The van der Waals surface area contributed by atoms with Gasteiger partial charge in [0.2, 0.25) is 0 Å². The van der Waals surface area contributed by atoms with Gasteiger partial charge in [0.25, 0.3) is 0 Å². The molecule has 0 fully saturated rings. The van der Waals surface area contributed by atoms with Crippen molar-refractivity contribution in [1.82, 2.24) is 5.32 Å². The van der Waals surface area contributed by atoms with Crippen LogP contribution in [0.5, 0.6) is 0 Å². The Kier molecular flexibility index (Phi) is 6.32. The highest BCUT2D eigenvalue weighted by atomic mass is 35.5. The van der Waals surface area contributed by atoms with Crippen LogP contribution < -0.4 is 5.32 Å². The maximum absolute atomic E-state index is 11.1. The molecule has 1 rings (SSSR count). The molecule has 1 atom stereocenters. The second-order valence-corrected chi connectivity index (χ2v) is 4.44. The van der Waals surface area contributed by atoms with Crippen LogP contribution in [0.1, 0.15) is 12.0 Å². The van der Waals surface area contributed by atoms with Gasteiger partial charge >= 0.3 is 11.9 Å². The predicted molar refractivity (Wildman–Crippen MR) is 71.2 cm³/mol. The number of carboxylic acid groups (broad SMARTS) is 1. The zero-order valence-corrected chi connectivity index (χ0v) is 11.3. The lowest BCUT2D eigenvalue weighted by atomic mass is 10.1. The average molecular weight is 286 g/mol. The molecule has 19 heavy (non-hydrogen) atoms. The van der Waals surface area contributed by atoms with Gasteiger partial charge in [0, 0.05) is 5.02 Å². The average Bonchev–Trinajstić information content (AvgIpc) is 2.39. The number of nitrogens with one attached hydrogen (secondary N) is 1. The molecule has 0 unspecified atom stereocenters. The van der Waals surface area contributed by atoms with Crippen molar-refractivity contribution < 1.29 is 19.4 Å². The Balaban J connectivity index is 2.42. The number of carboxylic acids is 1. The van der Waals surface area contributed by atoms with Crippen LogP contribution >= 0.6 is 11.6 Å². The van der Waals surface area contributed by atoms with Gasteiger partial charge in [-0.3, -0.25) is 9.59 Å². The molecule has 0 radical (unpaired) electrons. The topological polar surface area (TPSA) is 75.6 Å². The molecule has 5 nitrogen and oxygen atoms in total. The van der Waals surface area contributed by atoms with Crippen LogP contribution in [-0.2, 0) is 20.7 Å². The number of aliphatic carboxylic acids is 1. The quantitative estimate of drug-likeness (QED) is 0.742. The SMILES string of the molecule is COC(=O)C[C@H](NCCc1ccc(Cl)cc1)C(=O)O. The maximum atomic E-state index is 11.1. The number of carbonyl (C=O) groups is 2. The van der Waals surface area contributed by atoms with E-state index in [2.05, 4.69) is 10.1 Å². The number of ether oxygens (including phenoxy) is 1. The molecule has 0 aliphatic heterocycles. The molecule has 0 bridgehead atoms. The van der Waals surface area contributed by atoms with Crippen molar-refractivity contribution in [3.63, 3.8) is 0 Å². The van der Waals surface area contributed by atoms with E-state index in [-0.39, 0.29) is 6.42 Å². The van der Waals surface area contributed by atoms with Gasteiger partial charge in [-0.15, -0.1) is 0 Å². The van der Waals surface area contributed by atoms with Crippen LogP contribution in [0, 0.1) is 0 Å². The molecule has 2 N–H and O–H groups in total. The lowest BCUT2D eigenvalue weighted by Crippen LogP contribution is -2.39. The van der Waals surface area contributed by atoms with Gasteiger partial charge in [-0.1, -0.05) is 23.7 Å². The van der Waals surface area contributed by atoms with Crippen LogP contribution in [0.4, 0.5) is 0 Å². The van der Waals surface area contributed by atoms with E-state index >= 15 is 0 Å². The van der Waals surface area contributed by atoms with Crippen molar-refractivity contribution >= 4 is 23.5 Å². The Hall–Kier alpha value is -1.59. The van der Waals surface area contributed by atoms with Crippen LogP contribution in [-0.4, -0.2) is 36.7 Å². The van der Waals surface area contributed by atoms with Crippen LogP contribution in [0.15, 0.2) is 24.3 Å². The first-order chi connectivity index (χ1) is 9.02. The largest absolute Gasteiger partial charge is 0.480 e. The number of methoxy groups -OCH3 is 1. The van der Waals surface area contributed by atoms with E-state index in [1.807, 2.05) is 12.1 Å². The Bertz CT molecular complexity index is 433. The molecular weight excluding hydrogens is 270 g/mol. The molecule has 1 aromatic carbocycles. The van der Waals surface area contributed by atoms with Crippen LogP contribution in [0.2, 0.25) is 5.02 Å². The first kappa shape index (κ1) is 15.5. The predicted octanol–water partition coefficient (Wildman–Crippen LogP) is 1.49. The number of halogens is 1. The summed E-state index contributed by atoms with van der Waals surface area (Å²) in [5.74, 6) is -1.62. The first-order valence-electron chi connectivity index (χ1n) is 5.80. The van der Waals surface area contributed by atoms with Crippen molar-refractivity contribution in [3.8, 4) is 0 Å². The zero-order chi connectivity index (χ0) is 14.3. The minimum atomic E-state index is -1.07. The summed E-state index contributed by atoms with van der Waals surface area (Å²) in [6.45, 7) is 0.454. The number of hydrogen-bond acceptors (Lipinski definition) is 4. The Morgan fingerprint density at radius 3 is 2.53 bits per heavy atom. The number of rotatable bonds is 7. The van der Waals surface area contributed by atoms with Crippen LogP contribution in [0.3, 0.4) is 0 Å². The molecule has 6 heteroatoms. The van der Waals surface area contributed by atoms with E-state index < -0.39 is 18.0 Å². The van der Waals surface area contributed by atoms with E-state index in [4.69, 9.17) is 16.7 Å². The Labute approximate surface area is 116 Å². The molecule has 0 aliphatic rings. The number of hydrogen-bond donors (Lipinski definition) is 2. The third-order valence-corrected chi connectivity index (χ3v) is 2.87. The summed E-state index contributed by atoms with van der Waals surface area (Å²) in [6, 6.07) is 6.37. The Morgan fingerprint density at radius 2 is 2.00 bits per heavy atom. The van der Waals surface area contributed by atoms with Gasteiger partial charge in [0.1, 0.15) is 6.04 Å². The lowest BCUT2D eigenvalue weighted by Gasteiger charge is -2.13. The van der Waals surface area contributed by atoms with E-state index in [0.717, 1.165) is 5.56 Å². The van der Waals surface area contributed by atoms with Gasteiger partial charge in [-0.2, -0.15) is 0 Å². The fraction of sp³-hybridized carbons (Fsp3) is 0.385. The van der Waals surface area contributed by atoms with Gasteiger partial charge in [-0.05, 0) is 30.7 Å². The smallest absolute Gasteiger partial charge is 0.321 e. The summed E-state index contributed by atoms with van der Waals surface area (Å²) >= 11 is 5.77. The van der Waals surface area contributed by atoms with Crippen molar-refractivity contribution in [3.05, 3.63) is 34.9 Å². The van der Waals surface area contributed by atoms with E-state index in [9.17, 15) is 9.59 Å². The zero-order valence-electron chi connectivity index (χ0n) is 10.6. The molecule has 0 saturated carbocycles. The maximum Gasteiger partial charge on any atom is 0.321 e. The molecule has 0 spiro atoms. The van der Waals surface area contributed by atoms with Crippen molar-refractivity contribution in [2.24, 2.45) is 0 Å². The monoisotopic (exact) mass is 285 g/mol. The minimum absolute atomic E-state index is 0.188. The molecular formula is C13H16ClNO4. The summed E-state index contributed by atoms with van der Waals surface area (Å²) in [7, 11) is 1.23. The van der Waals surface area contributed by atoms with E-state index in [0.29, 0.717) is 18.0 Å². The molecule has 0 saturated heterocycles.